The summed E-state index contributed by atoms with van der Waals surface area (Å²) in [6, 6.07) is 0. The van der Waals surface area contributed by atoms with Crippen LogP contribution >= 0.6 is 7.82 Å². The molecule has 0 aromatic rings. The molecule has 0 spiro atoms. The number of esters is 2. The molecule has 9 nitrogen and oxygen atoms in total. The lowest BCUT2D eigenvalue weighted by Crippen LogP contribution is -2.29. The second-order valence-electron chi connectivity index (χ2n) is 16.0. The molecule has 3 N–H and O–H groups in total. The van der Waals surface area contributed by atoms with Crippen molar-refractivity contribution >= 4 is 19.8 Å². The smallest absolute Gasteiger partial charge is 0.462 e. The third-order valence-corrected chi connectivity index (χ3v) is 11.0. The van der Waals surface area contributed by atoms with Crippen molar-refractivity contribution in [2.24, 2.45) is 5.73 Å². The van der Waals surface area contributed by atoms with Gasteiger partial charge in [0.15, 0.2) is 6.10 Å². The van der Waals surface area contributed by atoms with Crippen LogP contribution in [0.5, 0.6) is 0 Å². The molecule has 0 aliphatic rings. The molecule has 0 amide bonds. The van der Waals surface area contributed by atoms with Crippen LogP contribution in [0.25, 0.3) is 0 Å². The van der Waals surface area contributed by atoms with Crippen molar-refractivity contribution in [3.63, 3.8) is 0 Å². The van der Waals surface area contributed by atoms with Crippen molar-refractivity contribution in [1.82, 2.24) is 0 Å². The van der Waals surface area contributed by atoms with Crippen LogP contribution in [0.4, 0.5) is 0 Å². The predicted octanol–water partition coefficient (Wildman–Crippen LogP) is 14.8. The Labute approximate surface area is 379 Å². The molecule has 2 unspecified atom stereocenters. The maximum Gasteiger partial charge on any atom is 0.472 e. The molecule has 0 aliphatic heterocycles. The molecule has 0 bridgehead atoms. The van der Waals surface area contributed by atoms with Crippen LogP contribution < -0.4 is 5.73 Å². The minimum absolute atomic E-state index is 0.0466. The van der Waals surface area contributed by atoms with Crippen LogP contribution in [-0.4, -0.2) is 49.3 Å². The largest absolute Gasteiger partial charge is 0.472 e. The third-order valence-electron chi connectivity index (χ3n) is 10.0. The number of phosphoric ester groups is 1. The van der Waals surface area contributed by atoms with Crippen molar-refractivity contribution < 1.29 is 37.6 Å². The Hall–Kier alpha value is -2.81. The first kappa shape index (κ1) is 59.2. The number of unbranched alkanes of at least 4 members (excludes halogenated alkanes) is 18. The van der Waals surface area contributed by atoms with Gasteiger partial charge in [-0.1, -0.05) is 202 Å². The number of nitrogens with two attached hydrogens (primary N) is 1. The number of phosphoric acid groups is 1. The molecule has 0 aromatic carbocycles. The van der Waals surface area contributed by atoms with Gasteiger partial charge in [0.25, 0.3) is 0 Å². The first-order valence-corrected chi connectivity index (χ1v) is 26.1. The fourth-order valence-electron chi connectivity index (χ4n) is 6.44. The molecule has 10 heteroatoms. The predicted molar refractivity (Wildman–Crippen MR) is 261 cm³/mol. The normalized spacial score (nSPS) is 13.9. The van der Waals surface area contributed by atoms with E-state index in [1.807, 2.05) is 0 Å². The average molecular weight is 888 g/mol. The molecule has 0 heterocycles. The van der Waals surface area contributed by atoms with Gasteiger partial charge in [0.1, 0.15) is 6.61 Å². The highest BCUT2D eigenvalue weighted by Crippen LogP contribution is 2.43. The zero-order valence-corrected chi connectivity index (χ0v) is 40.2. The lowest BCUT2D eigenvalue weighted by atomic mass is 10.0. The second-order valence-corrected chi connectivity index (χ2v) is 17.4. The van der Waals surface area contributed by atoms with Crippen LogP contribution in [0.15, 0.2) is 85.1 Å². The van der Waals surface area contributed by atoms with E-state index in [2.05, 4.69) is 98.9 Å². The Morgan fingerprint density at radius 2 is 0.887 bits per heavy atom. The first-order chi connectivity index (χ1) is 30.3. The van der Waals surface area contributed by atoms with Gasteiger partial charge in [-0.05, 0) is 70.6 Å². The fraction of sp³-hybridized carbons (Fsp3) is 0.692. The van der Waals surface area contributed by atoms with Gasteiger partial charge in [-0.15, -0.1) is 0 Å². The number of hydrogen-bond donors (Lipinski definition) is 2. The summed E-state index contributed by atoms with van der Waals surface area (Å²) in [6.07, 6.45) is 60.4. The zero-order valence-electron chi connectivity index (χ0n) is 39.3. The van der Waals surface area contributed by atoms with Crippen LogP contribution in [0.3, 0.4) is 0 Å². The molecule has 0 saturated heterocycles. The van der Waals surface area contributed by atoms with E-state index >= 15 is 0 Å². The van der Waals surface area contributed by atoms with Gasteiger partial charge in [-0.25, -0.2) is 4.57 Å². The van der Waals surface area contributed by atoms with Crippen LogP contribution in [0.2, 0.25) is 0 Å². The zero-order chi connectivity index (χ0) is 45.3. The molecule has 0 saturated carbocycles. The minimum atomic E-state index is -4.39. The summed E-state index contributed by atoms with van der Waals surface area (Å²) < 4.78 is 32.9. The quantitative estimate of drug-likeness (QED) is 0.0265. The van der Waals surface area contributed by atoms with Crippen LogP contribution in [-0.2, 0) is 32.7 Å². The van der Waals surface area contributed by atoms with E-state index in [0.717, 1.165) is 96.3 Å². The molecule has 0 radical (unpaired) electrons. The van der Waals surface area contributed by atoms with E-state index in [1.165, 1.54) is 70.6 Å². The molecule has 0 aliphatic carbocycles. The molecule has 0 aromatic heterocycles. The summed E-state index contributed by atoms with van der Waals surface area (Å²) in [7, 11) is -4.39. The highest BCUT2D eigenvalue weighted by molar-refractivity contribution is 7.47. The van der Waals surface area contributed by atoms with Crippen molar-refractivity contribution in [2.75, 3.05) is 26.4 Å². The molecular weight excluding hydrogens is 798 g/mol. The number of carbonyl (C=O) groups is 2. The molecule has 2 atom stereocenters. The fourth-order valence-corrected chi connectivity index (χ4v) is 7.20. The monoisotopic (exact) mass is 888 g/mol. The molecular formula is C52H90NO8P. The van der Waals surface area contributed by atoms with E-state index in [-0.39, 0.29) is 38.6 Å². The third kappa shape index (κ3) is 46.7. The lowest BCUT2D eigenvalue weighted by Gasteiger charge is -2.19. The van der Waals surface area contributed by atoms with E-state index in [4.69, 9.17) is 24.3 Å². The number of allylic oxidation sites excluding steroid dienone is 14. The van der Waals surface area contributed by atoms with Gasteiger partial charge < -0.3 is 20.1 Å². The van der Waals surface area contributed by atoms with Gasteiger partial charge in [-0.2, -0.15) is 0 Å². The topological polar surface area (TPSA) is 134 Å². The summed E-state index contributed by atoms with van der Waals surface area (Å²) >= 11 is 0. The van der Waals surface area contributed by atoms with E-state index in [9.17, 15) is 19.0 Å². The van der Waals surface area contributed by atoms with Crippen LogP contribution in [0, 0.1) is 0 Å². The highest BCUT2D eigenvalue weighted by atomic mass is 31.2. The number of rotatable bonds is 45. The Kier molecular flexibility index (Phi) is 45.5. The Bertz CT molecular complexity index is 1290. The van der Waals surface area contributed by atoms with Gasteiger partial charge in [0, 0.05) is 19.4 Å². The summed E-state index contributed by atoms with van der Waals surface area (Å²) in [6.45, 7) is 3.60. The van der Waals surface area contributed by atoms with Gasteiger partial charge in [-0.3, -0.25) is 18.6 Å². The lowest BCUT2D eigenvalue weighted by molar-refractivity contribution is -0.161. The average Bonchev–Trinajstić information content (AvgIpc) is 3.26. The molecule has 62 heavy (non-hydrogen) atoms. The molecule has 356 valence electrons. The highest BCUT2D eigenvalue weighted by Gasteiger charge is 2.26. The van der Waals surface area contributed by atoms with Crippen molar-refractivity contribution in [3.8, 4) is 0 Å². The number of carbonyl (C=O) groups excluding carboxylic acids is 2. The minimum Gasteiger partial charge on any atom is -0.462 e. The Morgan fingerprint density at radius 3 is 1.32 bits per heavy atom. The SMILES string of the molecule is CC/C=C\C/C=C\C/C=C\C/C=C\C/C=C\C/C=C\C/C=C\CCCCCCCC(=O)OC(COC(=O)CCCCCCCCCCCCCCCC)COP(=O)(O)OCCN. The summed E-state index contributed by atoms with van der Waals surface area (Å²) in [4.78, 5) is 35.0. The number of ether oxygens (including phenoxy) is 2. The number of hydrogen-bond acceptors (Lipinski definition) is 8. The van der Waals surface area contributed by atoms with E-state index < -0.39 is 26.5 Å². The van der Waals surface area contributed by atoms with Crippen molar-refractivity contribution in [3.05, 3.63) is 85.1 Å². The van der Waals surface area contributed by atoms with E-state index in [0.29, 0.717) is 6.42 Å². The molecule has 0 rings (SSSR count). The summed E-state index contributed by atoms with van der Waals surface area (Å²) in [5.74, 6) is -0.852. The van der Waals surface area contributed by atoms with Gasteiger partial charge in [0.2, 0.25) is 0 Å². The van der Waals surface area contributed by atoms with Gasteiger partial charge >= 0.3 is 19.8 Å². The van der Waals surface area contributed by atoms with Crippen molar-refractivity contribution in [2.45, 2.75) is 206 Å². The maximum absolute atomic E-state index is 12.6. The van der Waals surface area contributed by atoms with Crippen molar-refractivity contribution in [1.29, 1.82) is 0 Å². The van der Waals surface area contributed by atoms with E-state index in [1.54, 1.807) is 0 Å². The second kappa shape index (κ2) is 47.7. The van der Waals surface area contributed by atoms with Crippen LogP contribution in [0.1, 0.15) is 200 Å². The Morgan fingerprint density at radius 1 is 0.500 bits per heavy atom. The summed E-state index contributed by atoms with van der Waals surface area (Å²) in [5, 5.41) is 0. The summed E-state index contributed by atoms with van der Waals surface area (Å²) in [5.41, 5.74) is 5.36. The molecule has 0 fully saturated rings. The Balaban J connectivity index is 4.13. The maximum atomic E-state index is 12.6. The van der Waals surface area contributed by atoms with Gasteiger partial charge in [0.05, 0.1) is 13.2 Å². The standard InChI is InChI=1S/C52H90NO8P/c1-3-5-7-9-11-13-15-17-19-20-21-22-23-24-25-26-27-28-29-30-31-33-35-37-39-41-43-45-52(55)61-50(49-60-62(56,57)59-47-46-53)48-58-51(54)44-42-40-38-36-34-32-18-16-14-12-10-8-6-4-2/h5,7,11,13,17,19,21-22,24-25,27-28,30-31,50H,3-4,6,8-10,12,14-16,18,20,23,26,29,32-49,53H2,1-2H3,(H,56,57)/b7-5-,13-11-,19-17-,22-21-,25-24-,28-27-,31-30-. The first-order valence-electron chi connectivity index (χ1n) is 24.6.